The summed E-state index contributed by atoms with van der Waals surface area (Å²) in [7, 11) is -5.70. The zero-order valence-electron chi connectivity index (χ0n) is 13.2. The van der Waals surface area contributed by atoms with Crippen LogP contribution in [0.2, 0.25) is 0 Å². The lowest BCUT2D eigenvalue weighted by Crippen LogP contribution is -2.28. The SMILES string of the molecule is O=[N+]([O-])c1ccc(S(=O)(=O)Nc2ccc3c(c2)B(O)OC3)cc1C(F)(F)F. The van der Waals surface area contributed by atoms with Crippen LogP contribution in [0.25, 0.3) is 0 Å². The summed E-state index contributed by atoms with van der Waals surface area (Å²) < 4.78 is 71.0. The first-order valence-electron chi connectivity index (χ1n) is 7.30. The van der Waals surface area contributed by atoms with Crippen LogP contribution < -0.4 is 10.2 Å². The molecule has 27 heavy (non-hydrogen) atoms. The van der Waals surface area contributed by atoms with Crippen molar-refractivity contribution in [3.8, 4) is 0 Å². The van der Waals surface area contributed by atoms with Crippen molar-refractivity contribution in [3.05, 3.63) is 57.6 Å². The number of sulfonamides is 1. The number of nitro benzene ring substituents is 1. The number of halogens is 3. The molecule has 1 aliphatic rings. The van der Waals surface area contributed by atoms with Gasteiger partial charge in [0.1, 0.15) is 5.56 Å². The van der Waals surface area contributed by atoms with Gasteiger partial charge < -0.3 is 9.68 Å². The van der Waals surface area contributed by atoms with Crippen molar-refractivity contribution in [1.29, 1.82) is 0 Å². The fourth-order valence-electron chi connectivity index (χ4n) is 2.56. The van der Waals surface area contributed by atoms with Gasteiger partial charge in [-0.05, 0) is 35.3 Å². The molecule has 2 N–H and O–H groups in total. The molecule has 0 amide bonds. The molecule has 2 aromatic carbocycles. The fourth-order valence-corrected chi connectivity index (χ4v) is 3.64. The Hall–Kier alpha value is -2.64. The molecule has 0 saturated heterocycles. The van der Waals surface area contributed by atoms with Crippen LogP contribution in [0.5, 0.6) is 0 Å². The van der Waals surface area contributed by atoms with E-state index in [4.69, 9.17) is 4.65 Å². The number of nitrogens with one attached hydrogen (secondary N) is 1. The molecule has 142 valence electrons. The molecule has 1 aliphatic heterocycles. The zero-order chi connectivity index (χ0) is 20.0. The molecule has 0 fully saturated rings. The summed E-state index contributed by atoms with van der Waals surface area (Å²) in [4.78, 5) is 8.73. The third-order valence-electron chi connectivity index (χ3n) is 3.84. The molecule has 8 nitrogen and oxygen atoms in total. The topological polar surface area (TPSA) is 119 Å². The molecule has 1 heterocycles. The quantitative estimate of drug-likeness (QED) is 0.456. The van der Waals surface area contributed by atoms with Gasteiger partial charge in [0.15, 0.2) is 0 Å². The van der Waals surface area contributed by atoms with Gasteiger partial charge in [-0.1, -0.05) is 6.07 Å². The summed E-state index contributed by atoms with van der Waals surface area (Å²) in [6.07, 6.45) is -5.11. The number of hydrogen-bond acceptors (Lipinski definition) is 6. The van der Waals surface area contributed by atoms with Crippen molar-refractivity contribution >= 4 is 34.0 Å². The van der Waals surface area contributed by atoms with Crippen LogP contribution >= 0.6 is 0 Å². The molecule has 0 spiro atoms. The monoisotopic (exact) mass is 402 g/mol. The summed E-state index contributed by atoms with van der Waals surface area (Å²) in [6.45, 7) is 0.140. The van der Waals surface area contributed by atoms with E-state index in [0.717, 1.165) is 0 Å². The predicted octanol–water partition coefficient (Wildman–Crippen LogP) is 1.63. The van der Waals surface area contributed by atoms with E-state index < -0.39 is 44.4 Å². The Morgan fingerprint density at radius 1 is 1.22 bits per heavy atom. The summed E-state index contributed by atoms with van der Waals surface area (Å²) in [5, 5.41) is 20.4. The van der Waals surface area contributed by atoms with E-state index in [1.54, 1.807) is 0 Å². The molecular formula is C14H10BF3N2O6S. The van der Waals surface area contributed by atoms with Gasteiger partial charge in [-0.2, -0.15) is 13.2 Å². The number of alkyl halides is 3. The minimum absolute atomic E-state index is 0.00906. The summed E-state index contributed by atoms with van der Waals surface area (Å²) >= 11 is 0. The number of fused-ring (bicyclic) bond motifs is 1. The second-order valence-electron chi connectivity index (χ2n) is 5.62. The van der Waals surface area contributed by atoms with Crippen molar-refractivity contribution < 1.29 is 36.2 Å². The van der Waals surface area contributed by atoms with Crippen molar-refractivity contribution in [3.63, 3.8) is 0 Å². The first-order valence-corrected chi connectivity index (χ1v) is 8.78. The number of nitro groups is 1. The molecular weight excluding hydrogens is 392 g/mol. The normalized spacial score (nSPS) is 14.1. The zero-order valence-corrected chi connectivity index (χ0v) is 14.0. The molecule has 13 heteroatoms. The van der Waals surface area contributed by atoms with Crippen LogP contribution in [-0.2, 0) is 27.5 Å². The smallest absolute Gasteiger partial charge is 0.423 e. The number of anilines is 1. The van der Waals surface area contributed by atoms with Crippen molar-refractivity contribution in [1.82, 2.24) is 0 Å². The second-order valence-corrected chi connectivity index (χ2v) is 7.30. The number of benzene rings is 2. The van der Waals surface area contributed by atoms with E-state index >= 15 is 0 Å². The van der Waals surface area contributed by atoms with E-state index in [0.29, 0.717) is 23.2 Å². The largest absolute Gasteiger partial charge is 0.491 e. The molecule has 0 radical (unpaired) electrons. The van der Waals surface area contributed by atoms with Crippen molar-refractivity contribution in [2.45, 2.75) is 17.7 Å². The molecule has 3 rings (SSSR count). The Morgan fingerprint density at radius 3 is 2.56 bits per heavy atom. The maximum atomic E-state index is 13.0. The Kier molecular flexibility index (Phi) is 4.61. The highest BCUT2D eigenvalue weighted by molar-refractivity contribution is 7.92. The molecule has 2 aromatic rings. The van der Waals surface area contributed by atoms with Crippen LogP contribution in [0.4, 0.5) is 24.5 Å². The van der Waals surface area contributed by atoms with E-state index in [9.17, 15) is 36.7 Å². The Bertz CT molecular complexity index is 1030. The van der Waals surface area contributed by atoms with Gasteiger partial charge in [0.25, 0.3) is 15.7 Å². The van der Waals surface area contributed by atoms with Crippen LogP contribution in [0.3, 0.4) is 0 Å². The minimum atomic E-state index is -5.11. The first kappa shape index (κ1) is 19.1. The van der Waals surface area contributed by atoms with Crippen LogP contribution in [0.1, 0.15) is 11.1 Å². The average Bonchev–Trinajstić information content (AvgIpc) is 2.94. The average molecular weight is 402 g/mol. The second kappa shape index (κ2) is 6.51. The van der Waals surface area contributed by atoms with Crippen molar-refractivity contribution in [2.24, 2.45) is 0 Å². The van der Waals surface area contributed by atoms with Gasteiger partial charge in [-0.15, -0.1) is 0 Å². The number of rotatable bonds is 4. The number of hydrogen-bond donors (Lipinski definition) is 2. The summed E-state index contributed by atoms with van der Waals surface area (Å²) in [6, 6.07) is 5.54. The lowest BCUT2D eigenvalue weighted by molar-refractivity contribution is -0.388. The third kappa shape index (κ3) is 3.75. The van der Waals surface area contributed by atoms with Gasteiger partial charge in [0, 0.05) is 11.8 Å². The molecule has 0 bridgehead atoms. The minimum Gasteiger partial charge on any atom is -0.423 e. The fraction of sp³-hybridized carbons (Fsp3) is 0.143. The Balaban J connectivity index is 1.98. The molecule has 0 atom stereocenters. The molecule has 0 unspecified atom stereocenters. The van der Waals surface area contributed by atoms with E-state index in [1.165, 1.54) is 18.2 Å². The van der Waals surface area contributed by atoms with Gasteiger partial charge in [0.2, 0.25) is 0 Å². The lowest BCUT2D eigenvalue weighted by Gasteiger charge is -2.12. The molecule has 0 aliphatic carbocycles. The van der Waals surface area contributed by atoms with E-state index in [1.807, 2.05) is 0 Å². The summed E-state index contributed by atoms with van der Waals surface area (Å²) in [5.41, 5.74) is -1.97. The van der Waals surface area contributed by atoms with Gasteiger partial charge in [-0.3, -0.25) is 14.8 Å². The van der Waals surface area contributed by atoms with E-state index in [-0.39, 0.29) is 18.4 Å². The van der Waals surface area contributed by atoms with Gasteiger partial charge >= 0.3 is 13.3 Å². The standard InChI is InChI=1S/C14H10BF3N2O6S/c16-14(17,18)11-6-10(3-4-13(11)20(22)23)27(24,25)19-9-2-1-8-7-26-15(21)12(8)5-9/h1-6,19,21H,7H2. The molecule has 0 aromatic heterocycles. The molecule has 0 saturated carbocycles. The number of nitrogens with zero attached hydrogens (tertiary/aromatic N) is 1. The maximum Gasteiger partial charge on any atom is 0.491 e. The highest BCUT2D eigenvalue weighted by Gasteiger charge is 2.39. The summed E-state index contributed by atoms with van der Waals surface area (Å²) in [5.74, 6) is 0. The first-order chi connectivity index (χ1) is 12.5. The maximum absolute atomic E-state index is 13.0. The van der Waals surface area contributed by atoms with Gasteiger partial charge in [-0.25, -0.2) is 8.42 Å². The highest BCUT2D eigenvalue weighted by Crippen LogP contribution is 2.37. The highest BCUT2D eigenvalue weighted by atomic mass is 32.2. The van der Waals surface area contributed by atoms with Crippen molar-refractivity contribution in [2.75, 3.05) is 4.72 Å². The van der Waals surface area contributed by atoms with E-state index in [2.05, 4.69) is 4.72 Å². The predicted molar refractivity (Wildman–Crippen MR) is 87.7 cm³/mol. The van der Waals surface area contributed by atoms with Crippen LogP contribution in [-0.4, -0.2) is 25.5 Å². The van der Waals surface area contributed by atoms with Gasteiger partial charge in [0.05, 0.1) is 16.4 Å². The lowest BCUT2D eigenvalue weighted by atomic mass is 9.79. The van der Waals surface area contributed by atoms with Crippen LogP contribution in [0, 0.1) is 10.1 Å². The Morgan fingerprint density at radius 2 is 1.93 bits per heavy atom. The Labute approximate surface area is 150 Å². The van der Waals surface area contributed by atoms with Crippen LogP contribution in [0.15, 0.2) is 41.3 Å². The third-order valence-corrected chi connectivity index (χ3v) is 5.22.